The molecule has 42 heavy (non-hydrogen) atoms. The number of ether oxygens (including phenoxy) is 3. The van der Waals surface area contributed by atoms with Gasteiger partial charge in [0, 0.05) is 54.2 Å². The standard InChI is InChI=1S/C31H34ClFN2O7/c1-19(31(38)23-6-7-34-18-20(23)14-29(36)40-13-10-35-8-11-39-12-9-35)41-22-3-5-25-26(17-30(37)42-28(25)16-22)24-4-2-21(33)15-27(24)32/h2-5,15-17,19-20,23,34H,6-14,18H2,1H3/t19-,20?,23?/m1/s1. The Balaban J connectivity index is 1.23. The number of morpholine rings is 1. The molecule has 0 aliphatic carbocycles. The maximum Gasteiger partial charge on any atom is 0.336 e. The summed E-state index contributed by atoms with van der Waals surface area (Å²) in [4.78, 5) is 40.6. The maximum atomic E-state index is 13.6. The smallest absolute Gasteiger partial charge is 0.336 e. The topological polar surface area (TPSA) is 107 Å². The van der Waals surface area contributed by atoms with Crippen LogP contribution in [0.1, 0.15) is 19.8 Å². The van der Waals surface area contributed by atoms with Crippen LogP contribution in [0.4, 0.5) is 4.39 Å². The zero-order valence-electron chi connectivity index (χ0n) is 23.4. The Morgan fingerprint density at radius 2 is 1.95 bits per heavy atom. The first-order chi connectivity index (χ1) is 20.3. The molecule has 2 fully saturated rings. The number of nitrogens with one attached hydrogen (secondary N) is 1. The Hall–Kier alpha value is -3.31. The highest BCUT2D eigenvalue weighted by Gasteiger charge is 2.35. The van der Waals surface area contributed by atoms with E-state index in [0.717, 1.165) is 13.1 Å². The van der Waals surface area contributed by atoms with E-state index < -0.39 is 17.5 Å². The predicted octanol–water partition coefficient (Wildman–Crippen LogP) is 4.08. The van der Waals surface area contributed by atoms with Gasteiger partial charge in [0.05, 0.1) is 24.7 Å². The van der Waals surface area contributed by atoms with Crippen LogP contribution in [0.5, 0.6) is 5.75 Å². The molecule has 3 aromatic rings. The minimum atomic E-state index is -0.799. The third-order valence-electron chi connectivity index (χ3n) is 7.83. The molecule has 224 valence electrons. The SMILES string of the molecule is C[C@@H](Oc1ccc2c(-c3ccc(F)cc3Cl)cc(=O)oc2c1)C(=O)C1CCNCC1CC(=O)OCCN1CCOCC1. The average molecular weight is 601 g/mol. The predicted molar refractivity (Wildman–Crippen MR) is 155 cm³/mol. The Bertz CT molecular complexity index is 1490. The molecule has 0 saturated carbocycles. The Morgan fingerprint density at radius 1 is 1.14 bits per heavy atom. The lowest BCUT2D eigenvalue weighted by atomic mass is 9.80. The number of hydrogen-bond acceptors (Lipinski definition) is 9. The molecule has 0 bridgehead atoms. The molecule has 2 unspecified atom stereocenters. The number of hydrogen-bond donors (Lipinski definition) is 1. The molecule has 11 heteroatoms. The number of halogens is 2. The highest BCUT2D eigenvalue weighted by molar-refractivity contribution is 6.33. The van der Waals surface area contributed by atoms with Crippen LogP contribution in [0.25, 0.3) is 22.1 Å². The molecule has 2 aliphatic heterocycles. The summed E-state index contributed by atoms with van der Waals surface area (Å²) in [6, 6.07) is 10.2. The van der Waals surface area contributed by atoms with Crippen LogP contribution < -0.4 is 15.7 Å². The van der Waals surface area contributed by atoms with Gasteiger partial charge in [-0.25, -0.2) is 9.18 Å². The summed E-state index contributed by atoms with van der Waals surface area (Å²) in [6.45, 7) is 6.88. The lowest BCUT2D eigenvalue weighted by molar-refractivity contribution is -0.146. The van der Waals surface area contributed by atoms with Gasteiger partial charge in [0.15, 0.2) is 11.9 Å². The molecule has 2 saturated heterocycles. The minimum absolute atomic E-state index is 0.101. The van der Waals surface area contributed by atoms with E-state index in [1.807, 2.05) is 0 Å². The van der Waals surface area contributed by atoms with Gasteiger partial charge in [-0.05, 0) is 62.7 Å². The van der Waals surface area contributed by atoms with E-state index in [-0.39, 0.29) is 40.6 Å². The first-order valence-electron chi connectivity index (χ1n) is 14.2. The van der Waals surface area contributed by atoms with E-state index in [0.29, 0.717) is 68.1 Å². The van der Waals surface area contributed by atoms with Crippen molar-refractivity contribution in [2.75, 3.05) is 52.5 Å². The number of Topliss-reactive ketones (excluding diaryl/α,β-unsaturated/α-hetero) is 1. The monoisotopic (exact) mass is 600 g/mol. The molecule has 0 spiro atoms. The summed E-state index contributed by atoms with van der Waals surface area (Å²) in [5.41, 5.74) is 0.629. The van der Waals surface area contributed by atoms with Gasteiger partial charge in [-0.15, -0.1) is 0 Å². The van der Waals surface area contributed by atoms with E-state index in [2.05, 4.69) is 10.2 Å². The van der Waals surface area contributed by atoms with Gasteiger partial charge in [-0.3, -0.25) is 14.5 Å². The van der Waals surface area contributed by atoms with Crippen LogP contribution in [-0.2, 0) is 19.1 Å². The van der Waals surface area contributed by atoms with Crippen LogP contribution in [0.15, 0.2) is 51.7 Å². The van der Waals surface area contributed by atoms with Crippen LogP contribution in [-0.4, -0.2) is 75.3 Å². The molecular formula is C31H34ClFN2O7. The molecule has 1 aromatic heterocycles. The van der Waals surface area contributed by atoms with Crippen molar-refractivity contribution in [3.05, 3.63) is 63.7 Å². The quantitative estimate of drug-likeness (QED) is 0.272. The molecule has 1 N–H and O–H groups in total. The van der Waals surface area contributed by atoms with E-state index in [1.54, 1.807) is 25.1 Å². The van der Waals surface area contributed by atoms with Gasteiger partial charge in [-0.1, -0.05) is 11.6 Å². The Kier molecular flexibility index (Phi) is 9.89. The number of ketones is 1. The van der Waals surface area contributed by atoms with Gasteiger partial charge < -0.3 is 23.9 Å². The highest BCUT2D eigenvalue weighted by Crippen LogP contribution is 2.35. The number of benzene rings is 2. The van der Waals surface area contributed by atoms with Gasteiger partial charge in [0.25, 0.3) is 0 Å². The summed E-state index contributed by atoms with van der Waals surface area (Å²) in [5.74, 6) is -1.12. The number of rotatable bonds is 10. The molecule has 2 aromatic carbocycles. The Morgan fingerprint density at radius 3 is 2.74 bits per heavy atom. The summed E-state index contributed by atoms with van der Waals surface area (Å²) < 4.78 is 35.8. The number of carbonyl (C=O) groups is 2. The maximum absolute atomic E-state index is 13.6. The first-order valence-corrected chi connectivity index (χ1v) is 14.6. The largest absolute Gasteiger partial charge is 0.483 e. The summed E-state index contributed by atoms with van der Waals surface area (Å²) in [6.07, 6.45) is -0.0614. The lowest BCUT2D eigenvalue weighted by Gasteiger charge is -2.32. The third kappa shape index (κ3) is 7.36. The average Bonchev–Trinajstić information content (AvgIpc) is 2.97. The summed E-state index contributed by atoms with van der Waals surface area (Å²) >= 11 is 6.25. The lowest BCUT2D eigenvalue weighted by Crippen LogP contribution is -2.45. The second kappa shape index (κ2) is 13.8. The Labute approximate surface area is 247 Å². The van der Waals surface area contributed by atoms with Crippen molar-refractivity contribution in [3.63, 3.8) is 0 Å². The van der Waals surface area contributed by atoms with Crippen molar-refractivity contribution in [2.24, 2.45) is 11.8 Å². The van der Waals surface area contributed by atoms with Crippen molar-refractivity contribution in [1.82, 2.24) is 10.2 Å². The zero-order valence-corrected chi connectivity index (χ0v) is 24.2. The van der Waals surface area contributed by atoms with Gasteiger partial charge in [-0.2, -0.15) is 0 Å². The molecule has 3 heterocycles. The van der Waals surface area contributed by atoms with Crippen molar-refractivity contribution < 1.29 is 32.6 Å². The van der Waals surface area contributed by atoms with Crippen molar-refractivity contribution >= 4 is 34.3 Å². The number of piperidine rings is 1. The van der Waals surface area contributed by atoms with E-state index in [4.69, 9.17) is 30.2 Å². The van der Waals surface area contributed by atoms with E-state index in [9.17, 15) is 18.8 Å². The molecule has 5 rings (SSSR count). The van der Waals surface area contributed by atoms with Crippen LogP contribution in [0.3, 0.4) is 0 Å². The van der Waals surface area contributed by atoms with E-state index in [1.165, 1.54) is 24.3 Å². The molecule has 3 atom stereocenters. The van der Waals surface area contributed by atoms with Crippen LogP contribution in [0, 0.1) is 17.7 Å². The summed E-state index contributed by atoms with van der Waals surface area (Å²) in [5, 5.41) is 4.03. The fourth-order valence-corrected chi connectivity index (χ4v) is 5.88. The molecule has 2 aliphatic rings. The number of fused-ring (bicyclic) bond motifs is 1. The molecular weight excluding hydrogens is 567 g/mol. The number of esters is 1. The second-order valence-electron chi connectivity index (χ2n) is 10.7. The number of nitrogens with zero attached hydrogens (tertiary/aromatic N) is 1. The fourth-order valence-electron chi connectivity index (χ4n) is 5.61. The van der Waals surface area contributed by atoms with E-state index >= 15 is 0 Å². The third-order valence-corrected chi connectivity index (χ3v) is 8.14. The van der Waals surface area contributed by atoms with Crippen molar-refractivity contribution in [2.45, 2.75) is 25.9 Å². The number of carbonyl (C=O) groups excluding carboxylic acids is 2. The fraction of sp³-hybridized carbons (Fsp3) is 0.452. The first kappa shape index (κ1) is 30.2. The zero-order chi connectivity index (χ0) is 29.6. The van der Waals surface area contributed by atoms with Crippen molar-refractivity contribution in [1.29, 1.82) is 0 Å². The van der Waals surface area contributed by atoms with Crippen LogP contribution >= 0.6 is 11.6 Å². The second-order valence-corrected chi connectivity index (χ2v) is 11.1. The van der Waals surface area contributed by atoms with Crippen LogP contribution in [0.2, 0.25) is 5.02 Å². The van der Waals surface area contributed by atoms with Gasteiger partial charge in [0.1, 0.15) is 23.8 Å². The summed E-state index contributed by atoms with van der Waals surface area (Å²) in [7, 11) is 0. The van der Waals surface area contributed by atoms with Crippen molar-refractivity contribution in [3.8, 4) is 16.9 Å². The normalized spacial score (nSPS) is 20.3. The molecule has 0 radical (unpaired) electrons. The molecule has 9 nitrogen and oxygen atoms in total. The molecule has 0 amide bonds. The van der Waals surface area contributed by atoms with Gasteiger partial charge in [0.2, 0.25) is 0 Å². The highest BCUT2D eigenvalue weighted by atomic mass is 35.5. The minimum Gasteiger partial charge on any atom is -0.483 e. The van der Waals surface area contributed by atoms with Gasteiger partial charge >= 0.3 is 11.6 Å².